The standard InChI is InChI=1S/C11H15BrN6S.HI/c1-13-11(14-5-8-3-4-9(12)19-8)15-6-10-16-7-17-18(10)2;/h3-4,7H,5-6H2,1-2H3,(H2,13,14,15);1H. The van der Waals surface area contributed by atoms with E-state index in [4.69, 9.17) is 0 Å². The second kappa shape index (κ2) is 8.57. The van der Waals surface area contributed by atoms with Crippen LogP contribution >= 0.6 is 51.2 Å². The van der Waals surface area contributed by atoms with Gasteiger partial charge in [0.25, 0.3) is 0 Å². The molecule has 2 aromatic rings. The summed E-state index contributed by atoms with van der Waals surface area (Å²) >= 11 is 5.15. The predicted molar refractivity (Wildman–Crippen MR) is 95.5 cm³/mol. The minimum Gasteiger partial charge on any atom is -0.352 e. The van der Waals surface area contributed by atoms with E-state index >= 15 is 0 Å². The minimum absolute atomic E-state index is 0. The number of rotatable bonds is 4. The average molecular weight is 471 g/mol. The molecule has 2 N–H and O–H groups in total. The van der Waals surface area contributed by atoms with Crippen molar-refractivity contribution in [3.63, 3.8) is 0 Å². The topological polar surface area (TPSA) is 67.1 Å². The second-order valence-electron chi connectivity index (χ2n) is 3.79. The molecule has 0 aliphatic carbocycles. The number of hydrogen-bond donors (Lipinski definition) is 2. The first-order valence-corrected chi connectivity index (χ1v) is 7.31. The number of nitrogens with zero attached hydrogens (tertiary/aromatic N) is 4. The van der Waals surface area contributed by atoms with Gasteiger partial charge in [0, 0.05) is 19.0 Å². The Kier molecular flexibility index (Phi) is 7.45. The molecule has 0 radical (unpaired) electrons. The van der Waals surface area contributed by atoms with Gasteiger partial charge in [-0.3, -0.25) is 9.67 Å². The Labute approximate surface area is 147 Å². The van der Waals surface area contributed by atoms with Crippen LogP contribution in [0, 0.1) is 0 Å². The Morgan fingerprint density at radius 3 is 2.70 bits per heavy atom. The molecule has 0 amide bonds. The monoisotopic (exact) mass is 470 g/mol. The third-order valence-electron chi connectivity index (χ3n) is 2.50. The molecule has 20 heavy (non-hydrogen) atoms. The van der Waals surface area contributed by atoms with Crippen molar-refractivity contribution in [1.82, 2.24) is 25.4 Å². The first kappa shape index (κ1) is 17.4. The first-order chi connectivity index (χ1) is 9.19. The summed E-state index contributed by atoms with van der Waals surface area (Å²) in [5, 5.41) is 10.5. The van der Waals surface area contributed by atoms with Crippen LogP contribution in [0.5, 0.6) is 0 Å². The molecular formula is C11H16BrIN6S. The number of nitrogens with one attached hydrogen (secondary N) is 2. The van der Waals surface area contributed by atoms with Crippen molar-refractivity contribution in [2.24, 2.45) is 12.0 Å². The molecule has 0 saturated heterocycles. The van der Waals surface area contributed by atoms with Gasteiger partial charge in [0.2, 0.25) is 0 Å². The SMILES string of the molecule is CN=C(NCc1ccc(Br)s1)NCc1ncnn1C.I. The van der Waals surface area contributed by atoms with E-state index in [0.717, 1.165) is 22.1 Å². The molecule has 110 valence electrons. The number of halogens is 2. The summed E-state index contributed by atoms with van der Waals surface area (Å²) in [5.41, 5.74) is 0. The Balaban J connectivity index is 0.00000200. The van der Waals surface area contributed by atoms with Crippen molar-refractivity contribution in [2.45, 2.75) is 13.1 Å². The second-order valence-corrected chi connectivity index (χ2v) is 6.33. The molecule has 0 unspecified atom stereocenters. The third-order valence-corrected chi connectivity index (χ3v) is 4.13. The van der Waals surface area contributed by atoms with Crippen LogP contribution in [0.25, 0.3) is 0 Å². The highest BCUT2D eigenvalue weighted by molar-refractivity contribution is 14.0. The Bertz CT molecular complexity index is 567. The molecule has 0 fully saturated rings. The Morgan fingerprint density at radius 1 is 1.40 bits per heavy atom. The van der Waals surface area contributed by atoms with Gasteiger partial charge in [-0.05, 0) is 28.1 Å². The van der Waals surface area contributed by atoms with E-state index in [9.17, 15) is 0 Å². The van der Waals surface area contributed by atoms with Crippen LogP contribution in [0.2, 0.25) is 0 Å². The summed E-state index contributed by atoms with van der Waals surface area (Å²) in [7, 11) is 3.61. The van der Waals surface area contributed by atoms with E-state index in [2.05, 4.69) is 47.7 Å². The lowest BCUT2D eigenvalue weighted by Gasteiger charge is -2.10. The van der Waals surface area contributed by atoms with Gasteiger partial charge in [-0.1, -0.05) is 0 Å². The molecule has 2 rings (SSSR count). The van der Waals surface area contributed by atoms with E-state index in [0.29, 0.717) is 6.54 Å². The fourth-order valence-corrected chi connectivity index (χ4v) is 2.90. The highest BCUT2D eigenvalue weighted by atomic mass is 127. The van der Waals surface area contributed by atoms with Crippen molar-refractivity contribution in [3.05, 3.63) is 32.9 Å². The molecule has 6 nitrogen and oxygen atoms in total. The fourth-order valence-electron chi connectivity index (χ4n) is 1.48. The maximum atomic E-state index is 4.17. The fraction of sp³-hybridized carbons (Fsp3) is 0.364. The third kappa shape index (κ3) is 5.02. The lowest BCUT2D eigenvalue weighted by atomic mass is 10.4. The quantitative estimate of drug-likeness (QED) is 0.408. The zero-order chi connectivity index (χ0) is 13.7. The van der Waals surface area contributed by atoms with Crippen molar-refractivity contribution in [3.8, 4) is 0 Å². The van der Waals surface area contributed by atoms with Crippen molar-refractivity contribution in [1.29, 1.82) is 0 Å². The number of aliphatic imine (C=N–C) groups is 1. The lowest BCUT2D eigenvalue weighted by molar-refractivity contribution is 0.673. The van der Waals surface area contributed by atoms with Gasteiger partial charge in [0.05, 0.1) is 16.9 Å². The number of thiophene rings is 1. The summed E-state index contributed by atoms with van der Waals surface area (Å²) in [6.07, 6.45) is 1.54. The molecule has 0 atom stereocenters. The van der Waals surface area contributed by atoms with Crippen LogP contribution in [0.3, 0.4) is 0 Å². The highest BCUT2D eigenvalue weighted by Gasteiger charge is 2.03. The maximum absolute atomic E-state index is 4.17. The molecular weight excluding hydrogens is 455 g/mol. The summed E-state index contributed by atoms with van der Waals surface area (Å²) in [5.74, 6) is 1.61. The van der Waals surface area contributed by atoms with Gasteiger partial charge in [0.1, 0.15) is 12.2 Å². The smallest absolute Gasteiger partial charge is 0.191 e. The van der Waals surface area contributed by atoms with Crippen molar-refractivity contribution in [2.75, 3.05) is 7.05 Å². The van der Waals surface area contributed by atoms with Crippen LogP contribution in [-0.4, -0.2) is 27.8 Å². The van der Waals surface area contributed by atoms with Gasteiger partial charge in [-0.25, -0.2) is 4.98 Å². The molecule has 2 heterocycles. The molecule has 0 bridgehead atoms. The lowest BCUT2D eigenvalue weighted by Crippen LogP contribution is -2.36. The predicted octanol–water partition coefficient (Wildman–Crippen LogP) is 2.12. The molecule has 0 aromatic carbocycles. The van der Waals surface area contributed by atoms with E-state index in [1.165, 1.54) is 11.2 Å². The molecule has 0 saturated carbocycles. The van der Waals surface area contributed by atoms with E-state index in [1.807, 2.05) is 13.1 Å². The largest absolute Gasteiger partial charge is 0.352 e. The summed E-state index contributed by atoms with van der Waals surface area (Å²) in [4.78, 5) is 9.56. The molecule has 0 aliphatic rings. The van der Waals surface area contributed by atoms with Gasteiger partial charge >= 0.3 is 0 Å². The normalized spacial score (nSPS) is 11.1. The van der Waals surface area contributed by atoms with Gasteiger partial charge in [0.15, 0.2) is 5.96 Å². The van der Waals surface area contributed by atoms with Gasteiger partial charge in [-0.2, -0.15) is 5.10 Å². The Hall–Kier alpha value is -0.680. The van der Waals surface area contributed by atoms with Crippen LogP contribution in [0.4, 0.5) is 0 Å². The van der Waals surface area contributed by atoms with E-state index in [1.54, 1.807) is 23.1 Å². The molecule has 0 spiro atoms. The Morgan fingerprint density at radius 2 is 2.15 bits per heavy atom. The van der Waals surface area contributed by atoms with E-state index in [-0.39, 0.29) is 24.0 Å². The van der Waals surface area contributed by atoms with Crippen molar-refractivity contribution >= 4 is 57.2 Å². The van der Waals surface area contributed by atoms with Crippen LogP contribution in [-0.2, 0) is 20.1 Å². The number of hydrogen-bond acceptors (Lipinski definition) is 4. The van der Waals surface area contributed by atoms with Crippen LogP contribution in [0.1, 0.15) is 10.7 Å². The highest BCUT2D eigenvalue weighted by Crippen LogP contribution is 2.21. The van der Waals surface area contributed by atoms with Crippen molar-refractivity contribution < 1.29 is 0 Å². The molecule has 9 heteroatoms. The number of guanidine groups is 1. The summed E-state index contributed by atoms with van der Waals surface area (Å²) in [6.45, 7) is 1.33. The zero-order valence-corrected chi connectivity index (χ0v) is 15.9. The molecule has 0 aliphatic heterocycles. The summed E-state index contributed by atoms with van der Waals surface area (Å²) < 4.78 is 2.86. The molecule has 2 aromatic heterocycles. The minimum atomic E-state index is 0. The van der Waals surface area contributed by atoms with Gasteiger partial charge in [-0.15, -0.1) is 35.3 Å². The first-order valence-electron chi connectivity index (χ1n) is 5.70. The van der Waals surface area contributed by atoms with Gasteiger partial charge < -0.3 is 10.6 Å². The summed E-state index contributed by atoms with van der Waals surface area (Å²) in [6, 6.07) is 4.12. The number of aryl methyl sites for hydroxylation is 1. The van der Waals surface area contributed by atoms with Crippen LogP contribution in [0.15, 0.2) is 27.2 Å². The number of aromatic nitrogens is 3. The van der Waals surface area contributed by atoms with E-state index < -0.39 is 0 Å². The zero-order valence-electron chi connectivity index (χ0n) is 11.1. The average Bonchev–Trinajstić information content (AvgIpc) is 2.99. The maximum Gasteiger partial charge on any atom is 0.191 e. The van der Waals surface area contributed by atoms with Crippen LogP contribution < -0.4 is 10.6 Å².